The van der Waals surface area contributed by atoms with Gasteiger partial charge in [0.2, 0.25) is 0 Å². The second-order valence-corrected chi connectivity index (χ2v) is 6.02. The van der Waals surface area contributed by atoms with Crippen LogP contribution in [0.15, 0.2) is 29.2 Å². The molecule has 0 radical (unpaired) electrons. The van der Waals surface area contributed by atoms with Gasteiger partial charge in [-0.05, 0) is 25.6 Å². The fourth-order valence-electron chi connectivity index (χ4n) is 1.46. The van der Waals surface area contributed by atoms with E-state index in [-0.39, 0.29) is 21.7 Å². The highest BCUT2D eigenvalue weighted by Gasteiger charge is 2.21. The van der Waals surface area contributed by atoms with Crippen LogP contribution in [0.25, 0.3) is 0 Å². The predicted octanol–water partition coefficient (Wildman–Crippen LogP) is 2.11. The van der Waals surface area contributed by atoms with Crippen LogP contribution in [0, 0.1) is 0 Å². The van der Waals surface area contributed by atoms with Crippen LogP contribution in [0.2, 0.25) is 5.02 Å². The highest BCUT2D eigenvalue weighted by atomic mass is 35.5. The minimum Gasteiger partial charge on any atom is -0.316 e. The quantitative estimate of drug-likeness (QED) is 0.883. The Bertz CT molecular complexity index is 441. The Hall–Kier alpha value is -0.580. The van der Waals surface area contributed by atoms with Crippen LogP contribution < -0.4 is 5.32 Å². The summed E-state index contributed by atoms with van der Waals surface area (Å²) in [5, 5.41) is 3.26. The molecule has 3 nitrogen and oxygen atoms in total. The van der Waals surface area contributed by atoms with Crippen molar-refractivity contribution in [2.45, 2.75) is 24.3 Å². The lowest BCUT2D eigenvalue weighted by atomic mass is 10.3. The zero-order valence-electron chi connectivity index (χ0n) is 9.40. The van der Waals surface area contributed by atoms with E-state index < -0.39 is 9.84 Å². The van der Waals surface area contributed by atoms with Gasteiger partial charge in [0, 0.05) is 6.04 Å². The van der Waals surface area contributed by atoms with Gasteiger partial charge in [-0.2, -0.15) is 0 Å². The van der Waals surface area contributed by atoms with Crippen molar-refractivity contribution in [1.82, 2.24) is 5.32 Å². The van der Waals surface area contributed by atoms with Crippen molar-refractivity contribution >= 4 is 21.4 Å². The minimum atomic E-state index is -3.31. The first-order valence-corrected chi connectivity index (χ1v) is 7.18. The molecule has 5 heteroatoms. The molecule has 16 heavy (non-hydrogen) atoms. The van der Waals surface area contributed by atoms with E-state index in [2.05, 4.69) is 5.32 Å². The van der Waals surface area contributed by atoms with Crippen molar-refractivity contribution in [3.05, 3.63) is 29.3 Å². The molecule has 0 aliphatic rings. The second-order valence-electron chi connectivity index (χ2n) is 3.61. The Morgan fingerprint density at radius 2 is 2.00 bits per heavy atom. The van der Waals surface area contributed by atoms with Crippen LogP contribution in [-0.4, -0.2) is 27.3 Å². The van der Waals surface area contributed by atoms with Crippen molar-refractivity contribution in [1.29, 1.82) is 0 Å². The number of halogens is 1. The molecular weight excluding hydrogens is 246 g/mol. The summed E-state index contributed by atoms with van der Waals surface area (Å²) in [7, 11) is -1.55. The van der Waals surface area contributed by atoms with Gasteiger partial charge in [0.1, 0.15) is 0 Å². The predicted molar refractivity (Wildman–Crippen MR) is 66.6 cm³/mol. The van der Waals surface area contributed by atoms with E-state index in [1.807, 2.05) is 6.92 Å². The van der Waals surface area contributed by atoms with E-state index in [0.717, 1.165) is 6.42 Å². The highest BCUT2D eigenvalue weighted by Crippen LogP contribution is 2.22. The normalized spacial score (nSPS) is 13.7. The summed E-state index contributed by atoms with van der Waals surface area (Å²) in [4.78, 5) is 0.213. The molecular formula is C11H16ClNO2S. The first-order valence-electron chi connectivity index (χ1n) is 5.15. The van der Waals surface area contributed by atoms with Crippen molar-refractivity contribution in [2.75, 3.05) is 12.8 Å². The molecule has 0 aliphatic carbocycles. The van der Waals surface area contributed by atoms with E-state index >= 15 is 0 Å². The highest BCUT2D eigenvalue weighted by molar-refractivity contribution is 7.91. The third kappa shape index (κ3) is 3.20. The van der Waals surface area contributed by atoms with Crippen molar-refractivity contribution in [2.24, 2.45) is 0 Å². The van der Waals surface area contributed by atoms with Gasteiger partial charge in [0.05, 0.1) is 15.7 Å². The van der Waals surface area contributed by atoms with Crippen LogP contribution in [-0.2, 0) is 9.84 Å². The molecule has 1 aromatic rings. The van der Waals surface area contributed by atoms with Gasteiger partial charge < -0.3 is 5.32 Å². The summed E-state index contributed by atoms with van der Waals surface area (Å²) in [6.45, 7) is 1.95. The maximum absolute atomic E-state index is 12.1. The molecule has 0 saturated heterocycles. The minimum absolute atomic E-state index is 0.0405. The molecule has 0 spiro atoms. The molecule has 0 bridgehead atoms. The molecule has 0 heterocycles. The summed E-state index contributed by atoms with van der Waals surface area (Å²) in [6, 6.07) is 6.49. The maximum atomic E-state index is 12.1. The summed E-state index contributed by atoms with van der Waals surface area (Å²) in [5.41, 5.74) is 0. The van der Waals surface area contributed by atoms with Gasteiger partial charge in [-0.25, -0.2) is 8.42 Å². The van der Waals surface area contributed by atoms with Crippen LogP contribution in [0.4, 0.5) is 0 Å². The van der Waals surface area contributed by atoms with E-state index in [1.165, 1.54) is 0 Å². The van der Waals surface area contributed by atoms with Gasteiger partial charge in [-0.15, -0.1) is 0 Å². The number of hydrogen-bond donors (Lipinski definition) is 1. The number of hydrogen-bond acceptors (Lipinski definition) is 3. The molecule has 0 aromatic heterocycles. The average molecular weight is 262 g/mol. The zero-order valence-corrected chi connectivity index (χ0v) is 11.0. The molecule has 0 saturated carbocycles. The standard InChI is InChI=1S/C11H16ClNO2S/c1-3-9(13-2)8-16(14,15)11-7-5-4-6-10(11)12/h4-7,9,13H,3,8H2,1-2H3. The Balaban J connectivity index is 2.99. The van der Waals surface area contributed by atoms with Crippen molar-refractivity contribution in [3.63, 3.8) is 0 Å². The van der Waals surface area contributed by atoms with Gasteiger partial charge >= 0.3 is 0 Å². The lowest BCUT2D eigenvalue weighted by Crippen LogP contribution is -2.32. The van der Waals surface area contributed by atoms with Gasteiger partial charge in [0.15, 0.2) is 9.84 Å². The fraction of sp³-hybridized carbons (Fsp3) is 0.455. The molecule has 0 aliphatic heterocycles. The Labute approximate surface area is 102 Å². The maximum Gasteiger partial charge on any atom is 0.181 e. The van der Waals surface area contributed by atoms with Gasteiger partial charge in [-0.3, -0.25) is 0 Å². The molecule has 1 rings (SSSR count). The SMILES string of the molecule is CCC(CS(=O)(=O)c1ccccc1Cl)NC. The average Bonchev–Trinajstić information content (AvgIpc) is 2.26. The Morgan fingerprint density at radius 3 is 2.50 bits per heavy atom. The summed E-state index contributed by atoms with van der Waals surface area (Å²) in [5.74, 6) is 0.0731. The van der Waals surface area contributed by atoms with E-state index in [9.17, 15) is 8.42 Å². The topological polar surface area (TPSA) is 46.2 Å². The van der Waals surface area contributed by atoms with Crippen molar-refractivity contribution in [3.8, 4) is 0 Å². The monoisotopic (exact) mass is 261 g/mol. The lowest BCUT2D eigenvalue weighted by Gasteiger charge is -2.14. The second kappa shape index (κ2) is 5.66. The number of sulfone groups is 1. The van der Waals surface area contributed by atoms with Gasteiger partial charge in [-0.1, -0.05) is 30.7 Å². The third-order valence-electron chi connectivity index (χ3n) is 2.49. The van der Waals surface area contributed by atoms with Crippen LogP contribution in [0.3, 0.4) is 0 Å². The summed E-state index contributed by atoms with van der Waals surface area (Å²) < 4.78 is 24.1. The first kappa shape index (κ1) is 13.5. The molecule has 1 unspecified atom stereocenters. The largest absolute Gasteiger partial charge is 0.316 e. The number of rotatable bonds is 5. The lowest BCUT2D eigenvalue weighted by molar-refractivity contribution is 0.556. The smallest absolute Gasteiger partial charge is 0.181 e. The summed E-state index contributed by atoms with van der Waals surface area (Å²) >= 11 is 5.88. The van der Waals surface area contributed by atoms with Crippen LogP contribution >= 0.6 is 11.6 Å². The van der Waals surface area contributed by atoms with Crippen LogP contribution in [0.5, 0.6) is 0 Å². The Morgan fingerprint density at radius 1 is 1.38 bits per heavy atom. The third-order valence-corrected chi connectivity index (χ3v) is 4.80. The molecule has 1 aromatic carbocycles. The summed E-state index contributed by atoms with van der Waals surface area (Å²) in [6.07, 6.45) is 0.764. The number of nitrogens with one attached hydrogen (secondary N) is 1. The van der Waals surface area contributed by atoms with Gasteiger partial charge in [0.25, 0.3) is 0 Å². The molecule has 0 fully saturated rings. The van der Waals surface area contributed by atoms with E-state index in [4.69, 9.17) is 11.6 Å². The first-order chi connectivity index (χ1) is 7.51. The van der Waals surface area contributed by atoms with Crippen molar-refractivity contribution < 1.29 is 8.42 Å². The van der Waals surface area contributed by atoms with E-state index in [1.54, 1.807) is 31.3 Å². The zero-order chi connectivity index (χ0) is 12.2. The molecule has 0 amide bonds. The molecule has 90 valence electrons. The molecule has 1 atom stereocenters. The fourth-order valence-corrected chi connectivity index (χ4v) is 3.71. The van der Waals surface area contributed by atoms with E-state index in [0.29, 0.717) is 0 Å². The Kier molecular flexibility index (Phi) is 4.77. The van der Waals surface area contributed by atoms with Crippen LogP contribution in [0.1, 0.15) is 13.3 Å². The molecule has 1 N–H and O–H groups in total. The number of benzene rings is 1.